The molecule has 1 aromatic rings. The van der Waals surface area contributed by atoms with Crippen LogP contribution in [-0.4, -0.2) is 54.1 Å². The van der Waals surface area contributed by atoms with Crippen molar-refractivity contribution < 1.29 is 27.7 Å². The van der Waals surface area contributed by atoms with E-state index in [-0.39, 0.29) is 30.6 Å². The van der Waals surface area contributed by atoms with Crippen molar-refractivity contribution in [2.75, 3.05) is 31.1 Å². The fourth-order valence-corrected chi connectivity index (χ4v) is 2.65. The van der Waals surface area contributed by atoms with Gasteiger partial charge in [-0.1, -0.05) is 0 Å². The molecule has 0 saturated carbocycles. The van der Waals surface area contributed by atoms with E-state index < -0.39 is 17.0 Å². The molecule has 0 radical (unpaired) electrons. The molecule has 0 unspecified atom stereocenters. The van der Waals surface area contributed by atoms with E-state index in [1.54, 1.807) is 11.4 Å². The molecule has 9 nitrogen and oxygen atoms in total. The summed E-state index contributed by atoms with van der Waals surface area (Å²) in [4.78, 5) is 38.7. The summed E-state index contributed by atoms with van der Waals surface area (Å²) in [6, 6.07) is 2.90. The Hall–Kier alpha value is -2.92. The maximum Gasteiger partial charge on any atom is 0.471 e. The Kier molecular flexibility index (Phi) is 6.53. The highest BCUT2D eigenvalue weighted by atomic mass is 19.4. The number of halogens is 3. The first-order valence-electron chi connectivity index (χ1n) is 8.16. The summed E-state index contributed by atoms with van der Waals surface area (Å²) in [5, 5.41) is 14.8. The van der Waals surface area contributed by atoms with Crippen molar-refractivity contribution in [2.45, 2.75) is 19.0 Å². The third-order valence-electron chi connectivity index (χ3n) is 4.10. The van der Waals surface area contributed by atoms with E-state index in [9.17, 15) is 32.9 Å². The molecule has 1 saturated heterocycles. The van der Waals surface area contributed by atoms with Crippen molar-refractivity contribution in [2.24, 2.45) is 5.92 Å². The average Bonchev–Trinajstić information content (AvgIpc) is 2.64. The van der Waals surface area contributed by atoms with Gasteiger partial charge in [-0.25, -0.2) is 4.98 Å². The summed E-state index contributed by atoms with van der Waals surface area (Å²) >= 11 is 0. The first-order valence-corrected chi connectivity index (χ1v) is 8.16. The highest BCUT2D eigenvalue weighted by Gasteiger charge is 2.38. The van der Waals surface area contributed by atoms with Gasteiger partial charge in [0.15, 0.2) is 0 Å². The van der Waals surface area contributed by atoms with Crippen LogP contribution in [0.1, 0.15) is 12.8 Å². The van der Waals surface area contributed by atoms with Gasteiger partial charge in [-0.3, -0.25) is 19.7 Å². The number of nitrogens with zero attached hydrogens (tertiary/aromatic N) is 3. The number of pyridine rings is 1. The molecule has 1 aliphatic heterocycles. The molecule has 27 heavy (non-hydrogen) atoms. The van der Waals surface area contributed by atoms with Gasteiger partial charge in [0.05, 0.1) is 4.92 Å². The third kappa shape index (κ3) is 5.79. The number of hydrogen-bond donors (Lipinski definition) is 2. The molecule has 0 spiro atoms. The molecule has 1 aromatic heterocycles. The van der Waals surface area contributed by atoms with Gasteiger partial charge in [-0.05, 0) is 18.9 Å². The molecule has 0 aromatic carbocycles. The lowest BCUT2D eigenvalue weighted by molar-refractivity contribution is -0.385. The van der Waals surface area contributed by atoms with E-state index in [1.165, 1.54) is 12.3 Å². The number of nitrogens with one attached hydrogen (secondary N) is 2. The maximum absolute atomic E-state index is 12.0. The van der Waals surface area contributed by atoms with Crippen LogP contribution in [0.2, 0.25) is 0 Å². The van der Waals surface area contributed by atoms with Gasteiger partial charge in [-0.15, -0.1) is 0 Å². The second-order valence-corrected chi connectivity index (χ2v) is 5.94. The smallest absolute Gasteiger partial charge is 0.357 e. The summed E-state index contributed by atoms with van der Waals surface area (Å²) in [6.07, 6.45) is -2.75. The van der Waals surface area contributed by atoms with E-state index in [0.29, 0.717) is 31.7 Å². The zero-order valence-corrected chi connectivity index (χ0v) is 14.2. The zero-order valence-electron chi connectivity index (χ0n) is 14.2. The lowest BCUT2D eigenvalue weighted by atomic mass is 9.96. The molecule has 2 amide bonds. The maximum atomic E-state index is 12.0. The summed E-state index contributed by atoms with van der Waals surface area (Å²) < 4.78 is 36.1. The van der Waals surface area contributed by atoms with Gasteiger partial charge >= 0.3 is 12.1 Å². The molecule has 12 heteroatoms. The molecular weight excluding hydrogens is 371 g/mol. The first-order chi connectivity index (χ1) is 12.7. The monoisotopic (exact) mass is 389 g/mol. The van der Waals surface area contributed by atoms with Gasteiger partial charge in [0, 0.05) is 38.2 Å². The number of carbonyl (C=O) groups excluding carboxylic acids is 2. The highest BCUT2D eigenvalue weighted by Crippen LogP contribution is 2.23. The van der Waals surface area contributed by atoms with Crippen LogP contribution in [0.3, 0.4) is 0 Å². The highest BCUT2D eigenvalue weighted by molar-refractivity contribution is 5.82. The van der Waals surface area contributed by atoms with Gasteiger partial charge < -0.3 is 15.5 Å². The van der Waals surface area contributed by atoms with Crippen molar-refractivity contribution in [3.63, 3.8) is 0 Å². The van der Waals surface area contributed by atoms with E-state index in [2.05, 4.69) is 10.3 Å². The van der Waals surface area contributed by atoms with Crippen LogP contribution < -0.4 is 15.5 Å². The number of anilines is 1. The van der Waals surface area contributed by atoms with E-state index >= 15 is 0 Å². The topological polar surface area (TPSA) is 117 Å². The predicted octanol–water partition coefficient (Wildman–Crippen LogP) is 1.00. The number of rotatable bonds is 6. The SMILES string of the molecule is O=C(NCCNC(=O)C(F)(F)F)C1CCN(c2ccc([N+](=O)[O-])cn2)CC1. The molecule has 2 rings (SSSR count). The van der Waals surface area contributed by atoms with Gasteiger partial charge in [0.25, 0.3) is 5.69 Å². The van der Waals surface area contributed by atoms with Crippen LogP contribution in [0, 0.1) is 16.0 Å². The Labute approximate surface area is 152 Å². The molecule has 148 valence electrons. The minimum Gasteiger partial charge on any atom is -0.357 e. The van der Waals surface area contributed by atoms with Crippen molar-refractivity contribution in [1.29, 1.82) is 0 Å². The van der Waals surface area contributed by atoms with Crippen LogP contribution in [0.25, 0.3) is 0 Å². The standard InChI is InChI=1S/C15H18F3N5O4/c16-15(17,18)14(25)20-6-5-19-13(24)10-3-7-22(8-4-10)12-2-1-11(9-21-12)23(26)27/h1-2,9-10H,3-8H2,(H,19,24)(H,20,25). The van der Waals surface area contributed by atoms with Crippen LogP contribution in [0.15, 0.2) is 18.3 Å². The van der Waals surface area contributed by atoms with E-state index in [4.69, 9.17) is 0 Å². The van der Waals surface area contributed by atoms with Crippen LogP contribution in [0.4, 0.5) is 24.7 Å². The van der Waals surface area contributed by atoms with Gasteiger partial charge in [0.1, 0.15) is 12.0 Å². The molecule has 1 aliphatic rings. The Balaban J connectivity index is 1.72. The molecule has 2 N–H and O–H groups in total. The number of nitro groups is 1. The van der Waals surface area contributed by atoms with Crippen LogP contribution in [0.5, 0.6) is 0 Å². The number of alkyl halides is 3. The number of piperidine rings is 1. The first kappa shape index (κ1) is 20.4. The summed E-state index contributed by atoms with van der Waals surface area (Å²) in [7, 11) is 0. The molecule has 0 aliphatic carbocycles. The number of carbonyl (C=O) groups is 2. The fourth-order valence-electron chi connectivity index (χ4n) is 2.65. The van der Waals surface area contributed by atoms with Crippen molar-refractivity contribution >= 4 is 23.3 Å². The lowest BCUT2D eigenvalue weighted by Gasteiger charge is -2.32. The van der Waals surface area contributed by atoms with E-state index in [1.807, 2.05) is 4.90 Å². The fraction of sp³-hybridized carbons (Fsp3) is 0.533. The second kappa shape index (κ2) is 8.64. The molecule has 1 fully saturated rings. The Bertz CT molecular complexity index is 688. The van der Waals surface area contributed by atoms with Crippen molar-refractivity contribution in [3.05, 3.63) is 28.4 Å². The van der Waals surface area contributed by atoms with Crippen LogP contribution in [-0.2, 0) is 9.59 Å². The number of amides is 2. The average molecular weight is 389 g/mol. The normalized spacial score (nSPS) is 15.3. The Morgan fingerprint density at radius 1 is 1.22 bits per heavy atom. The molecule has 2 heterocycles. The minimum absolute atomic E-state index is 0.0925. The van der Waals surface area contributed by atoms with E-state index in [0.717, 1.165) is 0 Å². The number of hydrogen-bond acceptors (Lipinski definition) is 6. The second-order valence-electron chi connectivity index (χ2n) is 5.94. The van der Waals surface area contributed by atoms with Crippen molar-refractivity contribution in [1.82, 2.24) is 15.6 Å². The quantitative estimate of drug-likeness (QED) is 0.426. The molecule has 0 atom stereocenters. The van der Waals surface area contributed by atoms with Gasteiger partial charge in [0.2, 0.25) is 5.91 Å². The van der Waals surface area contributed by atoms with Gasteiger partial charge in [-0.2, -0.15) is 13.2 Å². The lowest BCUT2D eigenvalue weighted by Crippen LogP contribution is -2.44. The minimum atomic E-state index is -4.94. The van der Waals surface area contributed by atoms with Crippen molar-refractivity contribution in [3.8, 4) is 0 Å². The molecular formula is C15H18F3N5O4. The Morgan fingerprint density at radius 3 is 2.37 bits per heavy atom. The predicted molar refractivity (Wildman–Crippen MR) is 87.9 cm³/mol. The zero-order chi connectivity index (χ0) is 20.0. The largest absolute Gasteiger partial charge is 0.471 e. The Morgan fingerprint density at radius 2 is 1.85 bits per heavy atom. The number of aromatic nitrogens is 1. The summed E-state index contributed by atoms with van der Waals surface area (Å²) in [5.41, 5.74) is -0.106. The van der Waals surface area contributed by atoms with Crippen LogP contribution >= 0.6 is 0 Å². The summed E-state index contributed by atoms with van der Waals surface area (Å²) in [6.45, 7) is 0.641. The molecule has 0 bridgehead atoms. The summed E-state index contributed by atoms with van der Waals surface area (Å²) in [5.74, 6) is -2.04. The third-order valence-corrected chi connectivity index (χ3v) is 4.10.